The number of nitro groups is 1. The monoisotopic (exact) mass is 368 g/mol. The number of pyridine rings is 1. The Balaban J connectivity index is 1.78. The summed E-state index contributed by atoms with van der Waals surface area (Å²) in [6.07, 6.45) is 2.61. The lowest BCUT2D eigenvalue weighted by molar-refractivity contribution is -0.385. The second kappa shape index (κ2) is 7.24. The lowest BCUT2D eigenvalue weighted by Gasteiger charge is -2.05. The number of rotatable bonds is 5. The zero-order valence-corrected chi connectivity index (χ0v) is 14.6. The summed E-state index contributed by atoms with van der Waals surface area (Å²) < 4.78 is 5.66. The van der Waals surface area contributed by atoms with Crippen LogP contribution in [0.3, 0.4) is 0 Å². The van der Waals surface area contributed by atoms with E-state index in [9.17, 15) is 19.7 Å². The number of carbonyl (C=O) groups is 1. The van der Waals surface area contributed by atoms with Crippen molar-refractivity contribution in [2.45, 2.75) is 19.8 Å². The second-order valence-corrected chi connectivity index (χ2v) is 6.11. The Bertz CT molecular complexity index is 1050. The lowest BCUT2D eigenvalue weighted by Crippen LogP contribution is -2.23. The SMILES string of the molecule is CC(C)c1cnc(-c2ccc(NC(=O)c3cc([N+](=O)[O-])c[nH]c3=O)cc2)o1. The standard InChI is InChI=1S/C18H16N4O5/c1-10(2)15-9-20-18(27-15)11-3-5-12(6-4-11)21-17(24)14-7-13(22(25)26)8-19-16(14)23/h3-10H,1-2H3,(H,19,23)(H,21,24). The molecule has 0 fully saturated rings. The summed E-state index contributed by atoms with van der Waals surface area (Å²) in [7, 11) is 0. The van der Waals surface area contributed by atoms with Crippen molar-refractivity contribution < 1.29 is 14.1 Å². The Hall–Kier alpha value is -3.75. The van der Waals surface area contributed by atoms with E-state index in [0.29, 0.717) is 11.6 Å². The van der Waals surface area contributed by atoms with E-state index in [1.165, 1.54) is 0 Å². The number of anilines is 1. The Morgan fingerprint density at radius 3 is 2.59 bits per heavy atom. The van der Waals surface area contributed by atoms with Crippen molar-refractivity contribution in [3.63, 3.8) is 0 Å². The molecular formula is C18H16N4O5. The lowest BCUT2D eigenvalue weighted by atomic mass is 10.2. The first-order valence-electron chi connectivity index (χ1n) is 8.10. The van der Waals surface area contributed by atoms with Gasteiger partial charge in [0.25, 0.3) is 17.2 Å². The summed E-state index contributed by atoms with van der Waals surface area (Å²) in [6.45, 7) is 4.00. The van der Waals surface area contributed by atoms with Crippen LogP contribution in [0.15, 0.2) is 51.9 Å². The number of oxazole rings is 1. The maximum Gasteiger partial charge on any atom is 0.286 e. The van der Waals surface area contributed by atoms with Gasteiger partial charge < -0.3 is 14.7 Å². The first-order valence-corrected chi connectivity index (χ1v) is 8.10. The van der Waals surface area contributed by atoms with Gasteiger partial charge in [-0.1, -0.05) is 13.8 Å². The third-order valence-corrected chi connectivity index (χ3v) is 3.83. The minimum absolute atomic E-state index is 0.220. The van der Waals surface area contributed by atoms with E-state index in [1.807, 2.05) is 13.8 Å². The first kappa shape index (κ1) is 18.1. The molecule has 0 aliphatic carbocycles. The number of carbonyl (C=O) groups excluding carboxylic acids is 1. The fourth-order valence-electron chi connectivity index (χ4n) is 2.33. The van der Waals surface area contributed by atoms with Crippen molar-refractivity contribution in [2.75, 3.05) is 5.32 Å². The molecule has 0 aliphatic heterocycles. The molecule has 1 amide bonds. The molecule has 9 heteroatoms. The van der Waals surface area contributed by atoms with E-state index >= 15 is 0 Å². The maximum atomic E-state index is 12.3. The summed E-state index contributed by atoms with van der Waals surface area (Å²) in [5, 5.41) is 13.3. The quantitative estimate of drug-likeness (QED) is 0.524. The van der Waals surface area contributed by atoms with Crippen molar-refractivity contribution in [3.8, 4) is 11.5 Å². The average Bonchev–Trinajstić information content (AvgIpc) is 3.13. The van der Waals surface area contributed by atoms with Gasteiger partial charge >= 0.3 is 0 Å². The normalized spacial score (nSPS) is 10.8. The van der Waals surface area contributed by atoms with Crippen LogP contribution < -0.4 is 10.9 Å². The minimum atomic E-state index is -0.745. The molecule has 2 heterocycles. The number of aromatic amines is 1. The number of nitrogens with one attached hydrogen (secondary N) is 2. The zero-order chi connectivity index (χ0) is 19.6. The van der Waals surface area contributed by atoms with Crippen molar-refractivity contribution in [3.05, 3.63) is 74.5 Å². The molecule has 0 saturated heterocycles. The van der Waals surface area contributed by atoms with Crippen LogP contribution in [0.2, 0.25) is 0 Å². The van der Waals surface area contributed by atoms with E-state index in [2.05, 4.69) is 15.3 Å². The average molecular weight is 368 g/mol. The number of hydrogen-bond donors (Lipinski definition) is 2. The van der Waals surface area contributed by atoms with Crippen LogP contribution in [0.5, 0.6) is 0 Å². The Labute approximate surface area is 153 Å². The van der Waals surface area contributed by atoms with E-state index in [0.717, 1.165) is 23.6 Å². The molecule has 0 spiro atoms. The minimum Gasteiger partial charge on any atom is -0.441 e. The molecule has 0 unspecified atom stereocenters. The van der Waals surface area contributed by atoms with Crippen molar-refractivity contribution in [1.29, 1.82) is 0 Å². The molecule has 0 aliphatic rings. The van der Waals surface area contributed by atoms with Crippen molar-refractivity contribution in [1.82, 2.24) is 9.97 Å². The first-order chi connectivity index (χ1) is 12.8. The number of nitrogens with zero attached hydrogens (tertiary/aromatic N) is 2. The van der Waals surface area contributed by atoms with Crippen LogP contribution in [-0.2, 0) is 0 Å². The highest BCUT2D eigenvalue weighted by molar-refractivity contribution is 6.04. The Morgan fingerprint density at radius 2 is 2.00 bits per heavy atom. The summed E-state index contributed by atoms with van der Waals surface area (Å²) in [5.41, 5.74) is -0.281. The molecule has 2 N–H and O–H groups in total. The van der Waals surface area contributed by atoms with Gasteiger partial charge in [-0.3, -0.25) is 19.7 Å². The van der Waals surface area contributed by atoms with Gasteiger partial charge in [0.05, 0.1) is 17.3 Å². The molecule has 2 aromatic heterocycles. The molecule has 27 heavy (non-hydrogen) atoms. The van der Waals surface area contributed by atoms with Gasteiger partial charge in [0, 0.05) is 23.2 Å². The topological polar surface area (TPSA) is 131 Å². The summed E-state index contributed by atoms with van der Waals surface area (Å²) >= 11 is 0. The summed E-state index contributed by atoms with van der Waals surface area (Å²) in [4.78, 5) is 40.5. The molecule has 0 saturated carbocycles. The fourth-order valence-corrected chi connectivity index (χ4v) is 2.33. The van der Waals surface area contributed by atoms with Crippen molar-refractivity contribution >= 4 is 17.3 Å². The highest BCUT2D eigenvalue weighted by Gasteiger charge is 2.16. The highest BCUT2D eigenvalue weighted by Crippen LogP contribution is 2.24. The molecule has 3 aromatic rings. The predicted molar refractivity (Wildman–Crippen MR) is 97.7 cm³/mol. The number of aromatic nitrogens is 2. The van der Waals surface area contributed by atoms with E-state index < -0.39 is 16.4 Å². The highest BCUT2D eigenvalue weighted by atomic mass is 16.6. The molecule has 0 radical (unpaired) electrons. The maximum absolute atomic E-state index is 12.3. The molecule has 3 rings (SSSR count). The number of amides is 1. The number of benzene rings is 1. The van der Waals surface area contributed by atoms with E-state index in [-0.39, 0.29) is 17.2 Å². The van der Waals surface area contributed by atoms with Crippen LogP contribution in [0.4, 0.5) is 11.4 Å². The largest absolute Gasteiger partial charge is 0.441 e. The van der Waals surface area contributed by atoms with Crippen LogP contribution >= 0.6 is 0 Å². The van der Waals surface area contributed by atoms with E-state index in [1.54, 1.807) is 30.5 Å². The predicted octanol–water partition coefficient (Wildman–Crippen LogP) is 3.31. The third-order valence-electron chi connectivity index (χ3n) is 3.83. The van der Waals surface area contributed by atoms with Gasteiger partial charge in [-0.2, -0.15) is 0 Å². The third kappa shape index (κ3) is 3.92. The van der Waals surface area contributed by atoms with Crippen LogP contribution in [0.1, 0.15) is 35.9 Å². The molecule has 0 bridgehead atoms. The summed E-state index contributed by atoms with van der Waals surface area (Å²) in [5.74, 6) is 0.711. The number of H-pyrrole nitrogens is 1. The van der Waals surface area contributed by atoms with Gasteiger partial charge in [-0.25, -0.2) is 4.98 Å². The Morgan fingerprint density at radius 1 is 1.30 bits per heavy atom. The van der Waals surface area contributed by atoms with E-state index in [4.69, 9.17) is 4.42 Å². The fraction of sp³-hybridized carbons (Fsp3) is 0.167. The Kier molecular flexibility index (Phi) is 4.84. The van der Waals surface area contributed by atoms with Gasteiger partial charge in [0.2, 0.25) is 5.89 Å². The molecule has 9 nitrogen and oxygen atoms in total. The van der Waals surface area contributed by atoms with Gasteiger partial charge in [0.15, 0.2) is 0 Å². The van der Waals surface area contributed by atoms with Crippen LogP contribution in [0.25, 0.3) is 11.5 Å². The second-order valence-electron chi connectivity index (χ2n) is 6.11. The number of hydrogen-bond acceptors (Lipinski definition) is 6. The zero-order valence-electron chi connectivity index (χ0n) is 14.6. The van der Waals surface area contributed by atoms with Crippen molar-refractivity contribution in [2.24, 2.45) is 0 Å². The van der Waals surface area contributed by atoms with Gasteiger partial charge in [-0.15, -0.1) is 0 Å². The summed E-state index contributed by atoms with van der Waals surface area (Å²) in [6, 6.07) is 7.60. The van der Waals surface area contributed by atoms with Crippen LogP contribution in [0, 0.1) is 10.1 Å². The van der Waals surface area contributed by atoms with Gasteiger partial charge in [0.1, 0.15) is 11.3 Å². The molecule has 138 valence electrons. The molecule has 0 atom stereocenters. The van der Waals surface area contributed by atoms with Crippen LogP contribution in [-0.4, -0.2) is 20.8 Å². The smallest absolute Gasteiger partial charge is 0.286 e. The molecular weight excluding hydrogens is 352 g/mol. The van der Waals surface area contributed by atoms with Gasteiger partial charge in [-0.05, 0) is 24.3 Å². The molecule has 1 aromatic carbocycles.